The van der Waals surface area contributed by atoms with Gasteiger partial charge in [0.15, 0.2) is 0 Å². The second kappa shape index (κ2) is 7.09. The van der Waals surface area contributed by atoms with Gasteiger partial charge in [-0.1, -0.05) is 57.0 Å². The third kappa shape index (κ3) is 3.82. The molecule has 1 fully saturated rings. The summed E-state index contributed by atoms with van der Waals surface area (Å²) in [6.45, 7) is 4.55. The van der Waals surface area contributed by atoms with E-state index < -0.39 is 0 Å². The lowest BCUT2D eigenvalue weighted by molar-refractivity contribution is 0.0475. The molecule has 1 N–H and O–H groups in total. The Balaban J connectivity index is 2.00. The van der Waals surface area contributed by atoms with Gasteiger partial charge in [0.2, 0.25) is 0 Å². The lowest BCUT2D eigenvalue weighted by Gasteiger charge is -2.35. The Hall–Kier alpha value is -0.820. The molecule has 1 heteroatoms. The minimum Gasteiger partial charge on any atom is -0.393 e. The largest absolute Gasteiger partial charge is 0.393 e. The summed E-state index contributed by atoms with van der Waals surface area (Å²) in [6.07, 6.45) is 6.92. The Kier molecular flexibility index (Phi) is 5.45. The van der Waals surface area contributed by atoms with Crippen LogP contribution in [-0.4, -0.2) is 11.2 Å². The second-order valence-electron chi connectivity index (χ2n) is 6.17. The lowest BCUT2D eigenvalue weighted by atomic mass is 9.73. The molecule has 1 saturated carbocycles. The zero-order valence-corrected chi connectivity index (χ0v) is 12.4. The molecular formula is C18H28O. The average Bonchev–Trinajstić information content (AvgIpc) is 2.47. The zero-order chi connectivity index (χ0) is 13.7. The van der Waals surface area contributed by atoms with Crippen molar-refractivity contribution < 1.29 is 5.11 Å². The molecule has 3 unspecified atom stereocenters. The van der Waals surface area contributed by atoms with Gasteiger partial charge in [-0.05, 0) is 49.0 Å². The van der Waals surface area contributed by atoms with E-state index in [-0.39, 0.29) is 6.10 Å². The van der Waals surface area contributed by atoms with E-state index in [0.29, 0.717) is 11.8 Å². The molecule has 2 rings (SSSR count). The first-order valence-electron chi connectivity index (χ1n) is 7.97. The lowest BCUT2D eigenvalue weighted by Crippen LogP contribution is -2.30. The summed E-state index contributed by atoms with van der Waals surface area (Å²) >= 11 is 0. The summed E-state index contributed by atoms with van der Waals surface area (Å²) in [5, 5.41) is 10.3. The molecule has 1 nitrogen and oxygen atoms in total. The monoisotopic (exact) mass is 260 g/mol. The number of aliphatic hydroxyl groups is 1. The van der Waals surface area contributed by atoms with Gasteiger partial charge in [-0.2, -0.15) is 0 Å². The molecule has 0 spiro atoms. The first-order chi connectivity index (χ1) is 9.24. The Morgan fingerprint density at radius 1 is 1.11 bits per heavy atom. The highest BCUT2D eigenvalue weighted by Crippen LogP contribution is 2.39. The van der Waals surface area contributed by atoms with E-state index in [1.807, 2.05) is 0 Å². The first kappa shape index (κ1) is 14.6. The van der Waals surface area contributed by atoms with E-state index in [9.17, 15) is 5.11 Å². The van der Waals surface area contributed by atoms with Crippen LogP contribution in [-0.2, 0) is 0 Å². The van der Waals surface area contributed by atoms with Crippen LogP contribution in [0.1, 0.15) is 63.9 Å². The van der Waals surface area contributed by atoms with Crippen LogP contribution in [0.5, 0.6) is 0 Å². The van der Waals surface area contributed by atoms with Crippen molar-refractivity contribution in [1.29, 1.82) is 0 Å². The van der Waals surface area contributed by atoms with Crippen LogP contribution in [0.15, 0.2) is 30.3 Å². The highest BCUT2D eigenvalue weighted by molar-refractivity contribution is 5.20. The van der Waals surface area contributed by atoms with Crippen molar-refractivity contribution in [2.24, 2.45) is 11.8 Å². The summed E-state index contributed by atoms with van der Waals surface area (Å²) in [7, 11) is 0. The first-order valence-corrected chi connectivity index (χ1v) is 7.97. The van der Waals surface area contributed by atoms with Crippen molar-refractivity contribution in [3.05, 3.63) is 35.9 Å². The topological polar surface area (TPSA) is 20.2 Å². The van der Waals surface area contributed by atoms with Gasteiger partial charge in [-0.3, -0.25) is 0 Å². The van der Waals surface area contributed by atoms with Gasteiger partial charge in [-0.25, -0.2) is 0 Å². The van der Waals surface area contributed by atoms with Crippen LogP contribution in [0.3, 0.4) is 0 Å². The zero-order valence-electron chi connectivity index (χ0n) is 12.4. The molecule has 1 aromatic rings. The second-order valence-corrected chi connectivity index (χ2v) is 6.17. The molecule has 0 heterocycles. The number of hydrogen-bond acceptors (Lipinski definition) is 1. The van der Waals surface area contributed by atoms with Crippen LogP contribution >= 0.6 is 0 Å². The summed E-state index contributed by atoms with van der Waals surface area (Å²) in [5.74, 6) is 1.95. The predicted octanol–water partition coefficient (Wildman–Crippen LogP) is 4.76. The highest BCUT2D eigenvalue weighted by atomic mass is 16.3. The van der Waals surface area contributed by atoms with Gasteiger partial charge >= 0.3 is 0 Å². The predicted molar refractivity (Wildman–Crippen MR) is 81.2 cm³/mol. The van der Waals surface area contributed by atoms with Gasteiger partial charge in [0.25, 0.3) is 0 Å². The Bertz CT molecular complexity index is 355. The Morgan fingerprint density at radius 3 is 2.42 bits per heavy atom. The maximum absolute atomic E-state index is 10.3. The number of benzene rings is 1. The van der Waals surface area contributed by atoms with Gasteiger partial charge in [0.05, 0.1) is 6.10 Å². The van der Waals surface area contributed by atoms with Crippen molar-refractivity contribution in [2.75, 3.05) is 0 Å². The molecule has 0 radical (unpaired) electrons. The van der Waals surface area contributed by atoms with Crippen LogP contribution in [0.4, 0.5) is 0 Å². The van der Waals surface area contributed by atoms with Gasteiger partial charge < -0.3 is 5.11 Å². The van der Waals surface area contributed by atoms with Crippen molar-refractivity contribution in [2.45, 2.75) is 64.4 Å². The number of aliphatic hydroxyl groups excluding tert-OH is 1. The minimum absolute atomic E-state index is 0.0689. The van der Waals surface area contributed by atoms with Crippen LogP contribution in [0.2, 0.25) is 0 Å². The summed E-state index contributed by atoms with van der Waals surface area (Å²) in [6, 6.07) is 10.8. The van der Waals surface area contributed by atoms with E-state index in [1.54, 1.807) is 0 Å². The molecule has 0 saturated heterocycles. The molecule has 0 bridgehead atoms. The summed E-state index contributed by atoms with van der Waals surface area (Å²) in [4.78, 5) is 0. The smallest absolute Gasteiger partial charge is 0.0568 e. The van der Waals surface area contributed by atoms with Gasteiger partial charge in [0.1, 0.15) is 0 Å². The maximum Gasteiger partial charge on any atom is 0.0568 e. The number of hydrogen-bond donors (Lipinski definition) is 1. The van der Waals surface area contributed by atoms with E-state index in [4.69, 9.17) is 0 Å². The molecule has 0 amide bonds. The van der Waals surface area contributed by atoms with Crippen molar-refractivity contribution >= 4 is 0 Å². The fourth-order valence-corrected chi connectivity index (χ4v) is 3.58. The molecule has 19 heavy (non-hydrogen) atoms. The molecule has 1 aliphatic rings. The third-order valence-corrected chi connectivity index (χ3v) is 5.00. The van der Waals surface area contributed by atoms with E-state index in [2.05, 4.69) is 44.2 Å². The van der Waals surface area contributed by atoms with Gasteiger partial charge in [-0.15, -0.1) is 0 Å². The SMILES string of the molecule is CCC(CC)CC1CC(c2ccccc2)CCC1O. The quantitative estimate of drug-likeness (QED) is 0.809. The number of rotatable bonds is 5. The molecule has 0 aliphatic heterocycles. The molecule has 0 aromatic heterocycles. The summed E-state index contributed by atoms with van der Waals surface area (Å²) in [5.41, 5.74) is 1.46. The summed E-state index contributed by atoms with van der Waals surface area (Å²) < 4.78 is 0. The van der Waals surface area contributed by atoms with Crippen molar-refractivity contribution in [3.63, 3.8) is 0 Å². The minimum atomic E-state index is -0.0689. The molecule has 3 atom stereocenters. The van der Waals surface area contributed by atoms with Crippen LogP contribution in [0, 0.1) is 11.8 Å². The maximum atomic E-state index is 10.3. The van der Waals surface area contributed by atoms with Crippen LogP contribution in [0.25, 0.3) is 0 Å². The molecule has 1 aliphatic carbocycles. The Labute approximate surface area is 118 Å². The molecule has 1 aromatic carbocycles. The van der Waals surface area contributed by atoms with Crippen molar-refractivity contribution in [3.8, 4) is 0 Å². The van der Waals surface area contributed by atoms with E-state index >= 15 is 0 Å². The third-order valence-electron chi connectivity index (χ3n) is 5.00. The highest BCUT2D eigenvalue weighted by Gasteiger charge is 2.30. The fourth-order valence-electron chi connectivity index (χ4n) is 3.58. The van der Waals surface area contributed by atoms with E-state index in [1.165, 1.54) is 31.2 Å². The average molecular weight is 260 g/mol. The van der Waals surface area contributed by atoms with Gasteiger partial charge in [0, 0.05) is 0 Å². The van der Waals surface area contributed by atoms with Crippen LogP contribution < -0.4 is 0 Å². The fraction of sp³-hybridized carbons (Fsp3) is 0.667. The standard InChI is InChI=1S/C18H28O/c1-3-14(4-2)12-17-13-16(10-11-18(17)19)15-8-6-5-7-9-15/h5-9,14,16-19H,3-4,10-13H2,1-2H3. The Morgan fingerprint density at radius 2 is 1.79 bits per heavy atom. The molecule has 106 valence electrons. The van der Waals surface area contributed by atoms with E-state index in [0.717, 1.165) is 18.8 Å². The van der Waals surface area contributed by atoms with Crippen molar-refractivity contribution in [1.82, 2.24) is 0 Å². The normalized spacial score (nSPS) is 27.7. The molecular weight excluding hydrogens is 232 g/mol.